The number of benzene rings is 1. The number of carbonyl (C=O) groups is 1. The van der Waals surface area contributed by atoms with E-state index in [-0.39, 0.29) is 12.1 Å². The first-order chi connectivity index (χ1) is 14.1. The second-order valence-electron chi connectivity index (χ2n) is 7.60. The van der Waals surface area contributed by atoms with E-state index in [4.69, 9.17) is 4.74 Å². The molecule has 8 heteroatoms. The predicted octanol–water partition coefficient (Wildman–Crippen LogP) is 7.23. The number of amides is 1. The summed E-state index contributed by atoms with van der Waals surface area (Å²) in [6.45, 7) is 5.94. The molecule has 158 valence electrons. The molecule has 0 N–H and O–H groups in total. The van der Waals surface area contributed by atoms with Crippen LogP contribution in [0.5, 0.6) is 0 Å². The van der Waals surface area contributed by atoms with Crippen molar-refractivity contribution in [3.8, 4) is 11.1 Å². The standard InChI is InChI=1S/C22H22BrFN2O2S2/c1-22(2,3)26(4)21(27)28-13-16-12-18(17-9-6-10-25-19(17)24)20(30-16)29-15-8-5-7-14(23)11-15/h5-12H,13H2,1-4H3. The van der Waals surface area contributed by atoms with E-state index in [1.165, 1.54) is 17.5 Å². The Morgan fingerprint density at radius 3 is 2.67 bits per heavy atom. The quantitative estimate of drug-likeness (QED) is 0.341. The first-order valence-electron chi connectivity index (χ1n) is 9.23. The normalized spacial score (nSPS) is 11.4. The van der Waals surface area contributed by atoms with Crippen LogP contribution in [0.3, 0.4) is 0 Å². The first kappa shape index (κ1) is 22.8. The highest BCUT2D eigenvalue weighted by Gasteiger charge is 2.24. The molecule has 1 amide bonds. The number of pyridine rings is 1. The van der Waals surface area contributed by atoms with E-state index < -0.39 is 12.0 Å². The zero-order valence-corrected chi connectivity index (χ0v) is 20.3. The van der Waals surface area contributed by atoms with Crippen LogP contribution >= 0.6 is 39.0 Å². The highest BCUT2D eigenvalue weighted by molar-refractivity contribution is 9.10. The van der Waals surface area contributed by atoms with Crippen molar-refractivity contribution in [3.63, 3.8) is 0 Å². The summed E-state index contributed by atoms with van der Waals surface area (Å²) in [5.41, 5.74) is 0.833. The molecule has 2 aromatic heterocycles. The fourth-order valence-corrected chi connectivity index (χ4v) is 5.45. The maximum Gasteiger partial charge on any atom is 0.410 e. The maximum atomic E-state index is 14.4. The Balaban J connectivity index is 1.88. The van der Waals surface area contributed by atoms with Gasteiger partial charge in [0.15, 0.2) is 0 Å². The van der Waals surface area contributed by atoms with Crippen LogP contribution in [-0.2, 0) is 11.3 Å². The molecule has 1 aromatic carbocycles. The Bertz CT molecular complexity index is 1050. The van der Waals surface area contributed by atoms with Gasteiger partial charge in [-0.3, -0.25) is 0 Å². The zero-order chi connectivity index (χ0) is 21.9. The van der Waals surface area contributed by atoms with Crippen LogP contribution in [0.15, 0.2) is 62.2 Å². The molecule has 0 aliphatic rings. The van der Waals surface area contributed by atoms with Gasteiger partial charge in [0, 0.05) is 44.2 Å². The summed E-state index contributed by atoms with van der Waals surface area (Å²) in [4.78, 5) is 19.5. The fraction of sp³-hybridized carbons (Fsp3) is 0.273. The molecule has 0 saturated carbocycles. The van der Waals surface area contributed by atoms with Gasteiger partial charge in [-0.15, -0.1) is 11.3 Å². The second-order valence-corrected chi connectivity index (χ2v) is 11.0. The van der Waals surface area contributed by atoms with Crippen LogP contribution in [0.1, 0.15) is 25.6 Å². The molecule has 0 saturated heterocycles. The number of ether oxygens (including phenoxy) is 1. The Hall–Kier alpha value is -1.90. The minimum atomic E-state index is -0.526. The van der Waals surface area contributed by atoms with Gasteiger partial charge in [0.25, 0.3) is 0 Å². The van der Waals surface area contributed by atoms with Crippen molar-refractivity contribution in [2.24, 2.45) is 0 Å². The lowest BCUT2D eigenvalue weighted by Gasteiger charge is -2.30. The molecule has 0 aliphatic heterocycles. The van der Waals surface area contributed by atoms with Gasteiger partial charge in [-0.2, -0.15) is 4.39 Å². The third-order valence-corrected chi connectivity index (χ3v) is 7.21. The SMILES string of the molecule is CN(C(=O)OCc1cc(-c2cccnc2F)c(Sc2cccc(Br)c2)s1)C(C)(C)C. The molecule has 0 fully saturated rings. The maximum absolute atomic E-state index is 14.4. The van der Waals surface area contributed by atoms with Gasteiger partial charge in [0.05, 0.1) is 4.21 Å². The molecule has 3 aromatic rings. The van der Waals surface area contributed by atoms with Gasteiger partial charge in [-0.05, 0) is 57.2 Å². The molecular weight excluding hydrogens is 487 g/mol. The summed E-state index contributed by atoms with van der Waals surface area (Å²) in [7, 11) is 1.71. The molecule has 30 heavy (non-hydrogen) atoms. The smallest absolute Gasteiger partial charge is 0.410 e. The number of halogens is 2. The average Bonchev–Trinajstić information content (AvgIpc) is 3.07. The second kappa shape index (κ2) is 9.49. The van der Waals surface area contributed by atoms with Crippen molar-refractivity contribution in [2.45, 2.75) is 42.0 Å². The molecule has 0 spiro atoms. The van der Waals surface area contributed by atoms with Crippen LogP contribution < -0.4 is 0 Å². The lowest BCUT2D eigenvalue weighted by atomic mass is 10.1. The van der Waals surface area contributed by atoms with Gasteiger partial charge >= 0.3 is 6.09 Å². The van der Waals surface area contributed by atoms with E-state index >= 15 is 0 Å². The average molecular weight is 509 g/mol. The Morgan fingerprint density at radius 1 is 1.23 bits per heavy atom. The largest absolute Gasteiger partial charge is 0.444 e. The van der Waals surface area contributed by atoms with Gasteiger partial charge in [-0.1, -0.05) is 33.8 Å². The Kier molecular flexibility index (Phi) is 7.21. The number of carbonyl (C=O) groups excluding carboxylic acids is 1. The van der Waals surface area contributed by atoms with Crippen molar-refractivity contribution in [2.75, 3.05) is 7.05 Å². The molecule has 0 bridgehead atoms. The van der Waals surface area contributed by atoms with Crippen LogP contribution in [0, 0.1) is 5.95 Å². The van der Waals surface area contributed by atoms with Crippen molar-refractivity contribution in [3.05, 3.63) is 64.0 Å². The molecule has 0 radical (unpaired) electrons. The Morgan fingerprint density at radius 2 is 2.00 bits per heavy atom. The van der Waals surface area contributed by atoms with Crippen LogP contribution in [0.2, 0.25) is 0 Å². The molecular formula is C22H22BrFN2O2S2. The lowest BCUT2D eigenvalue weighted by Crippen LogP contribution is -2.42. The van der Waals surface area contributed by atoms with Crippen LogP contribution in [-0.4, -0.2) is 28.6 Å². The summed E-state index contributed by atoms with van der Waals surface area (Å²) in [5.74, 6) is -0.526. The zero-order valence-electron chi connectivity index (χ0n) is 17.1. The minimum Gasteiger partial charge on any atom is -0.444 e. The molecule has 0 unspecified atom stereocenters. The Labute approximate surface area is 192 Å². The summed E-state index contributed by atoms with van der Waals surface area (Å²) in [6, 6.07) is 13.2. The van der Waals surface area contributed by atoms with E-state index in [0.717, 1.165) is 24.0 Å². The van der Waals surface area contributed by atoms with Crippen LogP contribution in [0.4, 0.5) is 9.18 Å². The van der Waals surface area contributed by atoms with E-state index in [0.29, 0.717) is 5.56 Å². The monoisotopic (exact) mass is 508 g/mol. The van der Waals surface area contributed by atoms with Crippen molar-refractivity contribution in [1.82, 2.24) is 9.88 Å². The highest BCUT2D eigenvalue weighted by Crippen LogP contribution is 2.43. The summed E-state index contributed by atoms with van der Waals surface area (Å²) < 4.78 is 21.8. The predicted molar refractivity (Wildman–Crippen MR) is 123 cm³/mol. The van der Waals surface area contributed by atoms with Gasteiger partial charge in [0.2, 0.25) is 5.95 Å². The van der Waals surface area contributed by atoms with E-state index in [1.54, 1.807) is 35.8 Å². The number of aromatic nitrogens is 1. The molecule has 4 nitrogen and oxygen atoms in total. The topological polar surface area (TPSA) is 42.4 Å². The van der Waals surface area contributed by atoms with E-state index in [1.807, 2.05) is 51.1 Å². The summed E-state index contributed by atoms with van der Waals surface area (Å²) in [6.07, 6.45) is 1.03. The van der Waals surface area contributed by atoms with Gasteiger partial charge in [0.1, 0.15) is 6.61 Å². The van der Waals surface area contributed by atoms with Gasteiger partial charge in [-0.25, -0.2) is 9.78 Å². The minimum absolute atomic E-state index is 0.123. The lowest BCUT2D eigenvalue weighted by molar-refractivity contribution is 0.0767. The van der Waals surface area contributed by atoms with Crippen LogP contribution in [0.25, 0.3) is 11.1 Å². The van der Waals surface area contributed by atoms with Gasteiger partial charge < -0.3 is 9.64 Å². The fourth-order valence-electron chi connectivity index (χ4n) is 2.49. The first-order valence-corrected chi connectivity index (χ1v) is 11.7. The van der Waals surface area contributed by atoms with Crippen molar-refractivity contribution >= 4 is 45.1 Å². The third kappa shape index (κ3) is 5.62. The third-order valence-electron chi connectivity index (χ3n) is 4.42. The van der Waals surface area contributed by atoms with E-state index in [2.05, 4.69) is 20.9 Å². The van der Waals surface area contributed by atoms with E-state index in [9.17, 15) is 9.18 Å². The molecule has 2 heterocycles. The molecule has 0 aliphatic carbocycles. The number of rotatable bonds is 5. The highest BCUT2D eigenvalue weighted by atomic mass is 79.9. The molecule has 0 atom stereocenters. The number of nitrogens with zero attached hydrogens (tertiary/aromatic N) is 2. The molecule has 3 rings (SSSR count). The number of hydrogen-bond acceptors (Lipinski definition) is 5. The number of hydrogen-bond donors (Lipinski definition) is 0. The van der Waals surface area contributed by atoms with Crippen molar-refractivity contribution < 1.29 is 13.9 Å². The summed E-state index contributed by atoms with van der Waals surface area (Å²) in [5, 5.41) is 0. The number of thiophene rings is 1. The van der Waals surface area contributed by atoms with Crippen molar-refractivity contribution in [1.29, 1.82) is 0 Å². The summed E-state index contributed by atoms with van der Waals surface area (Å²) >= 11 is 6.51.